The molecule has 0 saturated carbocycles. The average molecular weight is 261 g/mol. The number of carbonyl (C=O) groups is 1. The van der Waals surface area contributed by atoms with Gasteiger partial charge in [-0.2, -0.15) is 0 Å². The smallest absolute Gasteiger partial charge is 0.325 e. The van der Waals surface area contributed by atoms with E-state index in [0.717, 1.165) is 37.1 Å². The maximum atomic E-state index is 11.7. The lowest BCUT2D eigenvalue weighted by Gasteiger charge is -2.26. The van der Waals surface area contributed by atoms with Crippen LogP contribution in [0.3, 0.4) is 0 Å². The van der Waals surface area contributed by atoms with Crippen LogP contribution in [0.2, 0.25) is 0 Å². The van der Waals surface area contributed by atoms with Gasteiger partial charge in [0.2, 0.25) is 0 Å². The predicted molar refractivity (Wildman–Crippen MR) is 76.5 cm³/mol. The molecule has 19 heavy (non-hydrogen) atoms. The van der Waals surface area contributed by atoms with Gasteiger partial charge in [0, 0.05) is 0 Å². The van der Waals surface area contributed by atoms with E-state index in [1.807, 2.05) is 6.92 Å². The average Bonchev–Trinajstić information content (AvgIpc) is 2.84. The number of carboxylic acids is 1. The Morgan fingerprint density at radius 2 is 1.89 bits per heavy atom. The molecule has 1 heterocycles. The molecule has 0 aliphatic carbocycles. The molecule has 1 atom stereocenters. The Bertz CT molecular complexity index is 462. The van der Waals surface area contributed by atoms with Crippen LogP contribution in [0.4, 0.5) is 0 Å². The first-order chi connectivity index (χ1) is 9.00. The second kappa shape index (κ2) is 5.74. The summed E-state index contributed by atoms with van der Waals surface area (Å²) in [5.41, 5.74) is 3.25. The van der Waals surface area contributed by atoms with E-state index in [1.165, 1.54) is 5.56 Å². The number of rotatable bonds is 4. The van der Waals surface area contributed by atoms with Gasteiger partial charge >= 0.3 is 5.97 Å². The van der Waals surface area contributed by atoms with Crippen LogP contribution in [0.5, 0.6) is 0 Å². The van der Waals surface area contributed by atoms with Gasteiger partial charge in [0.15, 0.2) is 0 Å². The van der Waals surface area contributed by atoms with Gasteiger partial charge in [-0.25, -0.2) is 0 Å². The maximum absolute atomic E-state index is 11.7. The van der Waals surface area contributed by atoms with Crippen LogP contribution in [0.25, 0.3) is 0 Å². The van der Waals surface area contributed by atoms with Gasteiger partial charge in [0.1, 0.15) is 6.04 Å². The molecule has 0 spiro atoms. The Balaban J connectivity index is 2.40. The van der Waals surface area contributed by atoms with E-state index >= 15 is 0 Å². The van der Waals surface area contributed by atoms with Crippen LogP contribution < -0.4 is 0 Å². The zero-order valence-corrected chi connectivity index (χ0v) is 12.0. The molecule has 2 rings (SSSR count). The second-order valence-corrected chi connectivity index (χ2v) is 5.75. The number of aryl methyl sites for hydroxylation is 1. The first-order valence-electron chi connectivity index (χ1n) is 7.08. The molecule has 1 aromatic rings. The van der Waals surface area contributed by atoms with E-state index in [-0.39, 0.29) is 0 Å². The molecule has 0 aromatic heterocycles. The summed E-state index contributed by atoms with van der Waals surface area (Å²) in [6, 6.07) is 5.75. The highest BCUT2D eigenvalue weighted by Crippen LogP contribution is 2.30. The van der Waals surface area contributed by atoms with Crippen LogP contribution in [-0.4, -0.2) is 29.1 Å². The van der Waals surface area contributed by atoms with E-state index in [1.54, 1.807) is 0 Å². The Hall–Kier alpha value is -1.35. The molecule has 0 amide bonds. The summed E-state index contributed by atoms with van der Waals surface area (Å²) in [6.45, 7) is 8.07. The summed E-state index contributed by atoms with van der Waals surface area (Å²) in [6.07, 6.45) is 2.21. The minimum absolute atomic E-state index is 0.423. The van der Waals surface area contributed by atoms with Crippen LogP contribution in [0.1, 0.15) is 55.3 Å². The molecule has 1 fully saturated rings. The van der Waals surface area contributed by atoms with Crippen LogP contribution in [0.15, 0.2) is 18.2 Å². The maximum Gasteiger partial charge on any atom is 0.325 e. The molecule has 0 bridgehead atoms. The lowest BCUT2D eigenvalue weighted by atomic mass is 9.93. The number of hydrogen-bond acceptors (Lipinski definition) is 2. The van der Waals surface area contributed by atoms with Gasteiger partial charge in [-0.05, 0) is 55.5 Å². The topological polar surface area (TPSA) is 40.5 Å². The van der Waals surface area contributed by atoms with Crippen molar-refractivity contribution in [2.45, 2.75) is 45.6 Å². The zero-order chi connectivity index (χ0) is 14.0. The Morgan fingerprint density at radius 1 is 1.26 bits per heavy atom. The third-order valence-electron chi connectivity index (χ3n) is 4.00. The molecule has 0 radical (unpaired) electrons. The molecule has 3 nitrogen and oxygen atoms in total. The lowest BCUT2D eigenvalue weighted by molar-refractivity contribution is -0.143. The second-order valence-electron chi connectivity index (χ2n) is 5.75. The van der Waals surface area contributed by atoms with Crippen molar-refractivity contribution < 1.29 is 9.90 Å². The number of nitrogens with zero attached hydrogens (tertiary/aromatic N) is 1. The number of likely N-dealkylation sites (tertiary alicyclic amines) is 1. The number of benzene rings is 1. The summed E-state index contributed by atoms with van der Waals surface area (Å²) in [4.78, 5) is 13.8. The SMILES string of the molecule is Cc1ccc(C(C)C)cc1C(C(=O)O)N1CCCC1. The monoisotopic (exact) mass is 261 g/mol. The van der Waals surface area contributed by atoms with Gasteiger partial charge in [0.05, 0.1) is 0 Å². The summed E-state index contributed by atoms with van der Waals surface area (Å²) in [5.74, 6) is -0.307. The molecule has 1 aliphatic heterocycles. The van der Waals surface area contributed by atoms with E-state index in [9.17, 15) is 9.90 Å². The molecule has 1 unspecified atom stereocenters. The Kier molecular flexibility index (Phi) is 4.25. The van der Waals surface area contributed by atoms with Crippen molar-refractivity contribution >= 4 is 5.97 Å². The predicted octanol–water partition coefficient (Wildman–Crippen LogP) is 3.34. The summed E-state index contributed by atoms with van der Waals surface area (Å²) >= 11 is 0. The van der Waals surface area contributed by atoms with E-state index in [2.05, 4.69) is 36.9 Å². The highest BCUT2D eigenvalue weighted by atomic mass is 16.4. The van der Waals surface area contributed by atoms with Gasteiger partial charge in [-0.15, -0.1) is 0 Å². The minimum Gasteiger partial charge on any atom is -0.480 e. The summed E-state index contributed by atoms with van der Waals surface area (Å²) in [7, 11) is 0. The van der Waals surface area contributed by atoms with Crippen molar-refractivity contribution in [1.82, 2.24) is 4.90 Å². The van der Waals surface area contributed by atoms with Gasteiger partial charge < -0.3 is 5.11 Å². The first-order valence-corrected chi connectivity index (χ1v) is 7.08. The van der Waals surface area contributed by atoms with Crippen LogP contribution >= 0.6 is 0 Å². The van der Waals surface area contributed by atoms with E-state index < -0.39 is 12.0 Å². The largest absolute Gasteiger partial charge is 0.480 e. The van der Waals surface area contributed by atoms with Crippen LogP contribution in [-0.2, 0) is 4.79 Å². The van der Waals surface area contributed by atoms with E-state index in [4.69, 9.17) is 0 Å². The molecular weight excluding hydrogens is 238 g/mol. The molecule has 104 valence electrons. The van der Waals surface area contributed by atoms with Crippen molar-refractivity contribution in [2.75, 3.05) is 13.1 Å². The third-order valence-corrected chi connectivity index (χ3v) is 4.00. The molecule has 1 aliphatic rings. The van der Waals surface area contributed by atoms with Gasteiger partial charge in [-0.3, -0.25) is 9.69 Å². The highest BCUT2D eigenvalue weighted by molar-refractivity contribution is 5.76. The van der Waals surface area contributed by atoms with Crippen molar-refractivity contribution in [3.05, 3.63) is 34.9 Å². The Labute approximate surface area is 115 Å². The molecular formula is C16H23NO2. The van der Waals surface area contributed by atoms with Crippen molar-refractivity contribution in [3.63, 3.8) is 0 Å². The van der Waals surface area contributed by atoms with Crippen molar-refractivity contribution in [2.24, 2.45) is 0 Å². The fourth-order valence-electron chi connectivity index (χ4n) is 2.80. The molecule has 1 N–H and O–H groups in total. The van der Waals surface area contributed by atoms with Crippen molar-refractivity contribution in [3.8, 4) is 0 Å². The minimum atomic E-state index is -0.731. The zero-order valence-electron chi connectivity index (χ0n) is 12.0. The number of aliphatic carboxylic acids is 1. The van der Waals surface area contributed by atoms with Gasteiger partial charge in [0.25, 0.3) is 0 Å². The summed E-state index contributed by atoms with van der Waals surface area (Å²) < 4.78 is 0. The fraction of sp³-hybridized carbons (Fsp3) is 0.562. The highest BCUT2D eigenvalue weighted by Gasteiger charge is 2.30. The number of hydrogen-bond donors (Lipinski definition) is 1. The fourth-order valence-corrected chi connectivity index (χ4v) is 2.80. The Morgan fingerprint density at radius 3 is 2.42 bits per heavy atom. The lowest BCUT2D eigenvalue weighted by Crippen LogP contribution is -2.32. The first kappa shape index (κ1) is 14.1. The molecule has 3 heteroatoms. The molecule has 1 saturated heterocycles. The molecule has 1 aromatic carbocycles. The van der Waals surface area contributed by atoms with Crippen molar-refractivity contribution in [1.29, 1.82) is 0 Å². The van der Waals surface area contributed by atoms with Crippen LogP contribution in [0, 0.1) is 6.92 Å². The van der Waals surface area contributed by atoms with Gasteiger partial charge in [-0.1, -0.05) is 32.0 Å². The van der Waals surface area contributed by atoms with E-state index in [0.29, 0.717) is 5.92 Å². The standard InChI is InChI=1S/C16H23NO2/c1-11(2)13-7-6-12(3)14(10-13)15(16(18)19)17-8-4-5-9-17/h6-7,10-11,15H,4-5,8-9H2,1-3H3,(H,18,19). The quantitative estimate of drug-likeness (QED) is 0.903. The number of carboxylic acid groups (broad SMARTS) is 1. The summed E-state index contributed by atoms with van der Waals surface area (Å²) in [5, 5.41) is 9.60. The third kappa shape index (κ3) is 2.98. The normalized spacial score (nSPS) is 17.9.